The number of phenols is 16. The number of furan rings is 1. The van der Waals surface area contributed by atoms with Crippen molar-refractivity contribution < 1.29 is 86.1 Å². The first-order chi connectivity index (χ1) is 28.8. The van der Waals surface area contributed by atoms with Crippen LogP contribution in [0.3, 0.4) is 0 Å². The van der Waals surface area contributed by atoms with Crippen LogP contribution in [0.2, 0.25) is 0 Å². The van der Waals surface area contributed by atoms with E-state index in [0.717, 1.165) is 0 Å². The second kappa shape index (κ2) is 12.4. The maximum atomic E-state index is 11.9. The van der Waals surface area contributed by atoms with E-state index in [9.17, 15) is 81.7 Å². The van der Waals surface area contributed by atoms with Gasteiger partial charge in [-0.2, -0.15) is 0 Å². The van der Waals surface area contributed by atoms with Crippen molar-refractivity contribution in [2.75, 3.05) is 0 Å². The highest BCUT2D eigenvalue weighted by Crippen LogP contribution is 2.64. The van der Waals surface area contributed by atoms with Crippen molar-refractivity contribution in [1.29, 1.82) is 0 Å². The summed E-state index contributed by atoms with van der Waals surface area (Å²) >= 11 is 0. The van der Waals surface area contributed by atoms with Crippen molar-refractivity contribution in [2.45, 2.75) is 6.92 Å². The summed E-state index contributed by atoms with van der Waals surface area (Å²) in [6.07, 6.45) is 0. The number of hydrogen-bond acceptors (Lipinski definition) is 17. The molecule has 18 heteroatoms. The molecule has 9 rings (SSSR count). The number of aromatic hydroxyl groups is 16. The molecule has 0 unspecified atom stereocenters. The molecule has 0 saturated heterocycles. The lowest BCUT2D eigenvalue weighted by Crippen LogP contribution is -2.06. The van der Waals surface area contributed by atoms with Gasteiger partial charge in [0.25, 0.3) is 0 Å². The topological polar surface area (TPSA) is 337 Å². The molecule has 9 aromatic rings. The van der Waals surface area contributed by atoms with E-state index < -0.39 is 136 Å². The van der Waals surface area contributed by atoms with Crippen LogP contribution in [0.4, 0.5) is 0 Å². The maximum absolute atomic E-state index is 11.9. The maximum Gasteiger partial charge on any atom is 0.205 e. The number of phenolic OH excluding ortho intramolecular Hbond substituents is 16. The summed E-state index contributed by atoms with van der Waals surface area (Å²) in [6.45, 7) is 1.34. The minimum Gasteiger partial charge on any atom is -0.508 e. The molecule has 0 atom stereocenters. The fourth-order valence-corrected chi connectivity index (χ4v) is 8.28. The largest absolute Gasteiger partial charge is 0.508 e. The van der Waals surface area contributed by atoms with Gasteiger partial charge in [0, 0.05) is 27.6 Å². The highest BCUT2D eigenvalue weighted by molar-refractivity contribution is 6.38. The summed E-state index contributed by atoms with van der Waals surface area (Å²) in [6, 6.07) is 12.2. The van der Waals surface area contributed by atoms with Crippen molar-refractivity contribution in [3.63, 3.8) is 0 Å². The van der Waals surface area contributed by atoms with Crippen molar-refractivity contribution >= 4 is 67.6 Å². The van der Waals surface area contributed by atoms with E-state index in [0.29, 0.717) is 0 Å². The van der Waals surface area contributed by atoms with Crippen LogP contribution in [0.15, 0.2) is 52.9 Å². The molecule has 0 spiro atoms. The molecule has 0 amide bonds. The lowest BCUT2D eigenvalue weighted by atomic mass is 9.82. The molecule has 0 fully saturated rings. The lowest BCUT2D eigenvalue weighted by Gasteiger charge is -2.22. The Morgan fingerprint density at radius 1 is 0.311 bits per heavy atom. The number of rotatable bonds is 3. The van der Waals surface area contributed by atoms with Gasteiger partial charge in [-0.1, -0.05) is 48.5 Å². The van der Waals surface area contributed by atoms with Crippen LogP contribution >= 0.6 is 0 Å². The molecular formula is C43H27BO17. The highest BCUT2D eigenvalue weighted by atomic mass is 16.4. The summed E-state index contributed by atoms with van der Waals surface area (Å²) in [5.74, 6) is -17.9. The Kier molecular flexibility index (Phi) is 7.65. The predicted octanol–water partition coefficient (Wildman–Crippen LogP) is 6.44. The predicted molar refractivity (Wildman–Crippen MR) is 219 cm³/mol. The average molecular weight is 826 g/mol. The molecule has 0 aliphatic carbocycles. The smallest absolute Gasteiger partial charge is 0.205 e. The van der Waals surface area contributed by atoms with Gasteiger partial charge >= 0.3 is 0 Å². The molecule has 0 saturated carbocycles. The Bertz CT molecular complexity index is 3400. The van der Waals surface area contributed by atoms with Gasteiger partial charge in [-0.25, -0.2) is 0 Å². The standard InChI is InChI=1S/C43H27BO17/c1-10-26(45)28(47)17(18-23-36(55)33(52)22-24(43(23)61-42(10)18)37(56)41(60)40(59)35(22)54)15-11-6-2-4-8-13(11)16(14-9-5-3-7-12(14)15)19-29(48)31(50)21(32(51)30(19)49)20-27(46)25(44)38(57)39(58)34(20)53/h2-9,45-60H,1H3. The van der Waals surface area contributed by atoms with Crippen LogP contribution in [0, 0.1) is 6.92 Å². The van der Waals surface area contributed by atoms with Crippen molar-refractivity contribution in [1.82, 2.24) is 0 Å². The van der Waals surface area contributed by atoms with Gasteiger partial charge < -0.3 is 86.1 Å². The number of benzene rings is 8. The van der Waals surface area contributed by atoms with Crippen molar-refractivity contribution in [3.8, 4) is 125 Å². The van der Waals surface area contributed by atoms with E-state index in [1.54, 1.807) is 12.1 Å². The van der Waals surface area contributed by atoms with Gasteiger partial charge in [0.2, 0.25) is 17.2 Å². The fraction of sp³-hybridized carbons (Fsp3) is 0.0233. The van der Waals surface area contributed by atoms with Crippen molar-refractivity contribution in [2.24, 2.45) is 0 Å². The Morgan fingerprint density at radius 3 is 1.13 bits per heavy atom. The third kappa shape index (κ3) is 4.54. The first kappa shape index (κ1) is 37.8. The minimum atomic E-state index is -1.30. The Morgan fingerprint density at radius 2 is 0.639 bits per heavy atom. The first-order valence-electron chi connectivity index (χ1n) is 17.7. The zero-order chi connectivity index (χ0) is 44.0. The highest BCUT2D eigenvalue weighted by Gasteiger charge is 2.36. The van der Waals surface area contributed by atoms with E-state index in [-0.39, 0.29) is 54.8 Å². The Hall–Kier alpha value is -8.80. The quantitative estimate of drug-likeness (QED) is 0.0394. The van der Waals surface area contributed by atoms with Crippen molar-refractivity contribution in [3.05, 3.63) is 54.1 Å². The molecule has 0 bridgehead atoms. The Balaban J connectivity index is 1.46. The van der Waals surface area contributed by atoms with Crippen LogP contribution in [-0.4, -0.2) is 89.6 Å². The molecule has 0 aliphatic rings. The number of aryl methyl sites for hydroxylation is 1. The van der Waals surface area contributed by atoms with Crippen LogP contribution in [0.1, 0.15) is 5.56 Å². The molecule has 16 N–H and O–H groups in total. The van der Waals surface area contributed by atoms with Crippen LogP contribution in [-0.2, 0) is 0 Å². The normalized spacial score (nSPS) is 11.8. The van der Waals surface area contributed by atoms with E-state index in [2.05, 4.69) is 0 Å². The van der Waals surface area contributed by atoms with E-state index >= 15 is 0 Å². The molecule has 2 radical (unpaired) electrons. The number of fused-ring (bicyclic) bond motifs is 7. The third-order valence-electron chi connectivity index (χ3n) is 11.1. The van der Waals surface area contributed by atoms with Gasteiger partial charge in [-0.15, -0.1) is 0 Å². The van der Waals surface area contributed by atoms with Gasteiger partial charge in [-0.3, -0.25) is 0 Å². The summed E-state index contributed by atoms with van der Waals surface area (Å²) in [4.78, 5) is 0. The van der Waals surface area contributed by atoms with Gasteiger partial charge in [0.05, 0.1) is 32.8 Å². The summed E-state index contributed by atoms with van der Waals surface area (Å²) in [7, 11) is 5.66. The third-order valence-corrected chi connectivity index (χ3v) is 11.1. The minimum absolute atomic E-state index is 0.0731. The second-order valence-electron chi connectivity index (χ2n) is 14.2. The molecule has 17 nitrogen and oxygen atoms in total. The van der Waals surface area contributed by atoms with E-state index in [4.69, 9.17) is 12.3 Å². The average Bonchev–Trinajstić information content (AvgIpc) is 3.65. The molecule has 1 aromatic heterocycles. The van der Waals surface area contributed by atoms with Gasteiger partial charge in [-0.05, 0) is 33.9 Å². The summed E-state index contributed by atoms with van der Waals surface area (Å²) < 4.78 is 6.12. The monoisotopic (exact) mass is 826 g/mol. The molecule has 1 heterocycles. The van der Waals surface area contributed by atoms with Crippen LogP contribution in [0.5, 0.6) is 92.0 Å². The fourth-order valence-electron chi connectivity index (χ4n) is 8.28. The SMILES string of the molecule is [B]c1c(O)c(O)c(O)c(-c2c(O)c(O)c(-c3c4ccccc4c(-c4c(O)c(O)c(C)c5oc6c7c(O)c(O)c(O)c(O)c7c(O)c(O)c6c45)c4ccccc34)c(O)c2O)c1O. The van der Waals surface area contributed by atoms with Gasteiger partial charge in [0.1, 0.15) is 19.2 Å². The zero-order valence-electron chi connectivity index (χ0n) is 30.8. The lowest BCUT2D eigenvalue weighted by molar-refractivity contribution is 0.349. The molecule has 0 aliphatic heterocycles. The molecule has 61 heavy (non-hydrogen) atoms. The van der Waals surface area contributed by atoms with Crippen LogP contribution in [0.25, 0.3) is 87.6 Å². The molecule has 304 valence electrons. The summed E-state index contributed by atoms with van der Waals surface area (Å²) in [5, 5.41) is 175. The first-order valence-corrected chi connectivity index (χ1v) is 17.7. The molecule has 8 aromatic carbocycles. The van der Waals surface area contributed by atoms with Crippen LogP contribution < -0.4 is 5.46 Å². The Labute approximate surface area is 339 Å². The number of hydrogen-bond donors (Lipinski definition) is 16. The zero-order valence-corrected chi connectivity index (χ0v) is 30.8. The van der Waals surface area contributed by atoms with E-state index in [1.807, 2.05) is 0 Å². The van der Waals surface area contributed by atoms with E-state index in [1.165, 1.54) is 43.3 Å². The summed E-state index contributed by atoms with van der Waals surface area (Å²) in [5.41, 5.74) is -4.59. The second-order valence-corrected chi connectivity index (χ2v) is 14.2. The van der Waals surface area contributed by atoms with Gasteiger partial charge in [0.15, 0.2) is 74.6 Å². The molecular weight excluding hydrogens is 799 g/mol.